The maximum absolute atomic E-state index is 11.6. The lowest BCUT2D eigenvalue weighted by molar-refractivity contribution is -0.153. The van der Waals surface area contributed by atoms with Crippen LogP contribution >= 0.6 is 0 Å². The number of carbonyl (C=O) groups excluding carboxylic acids is 1. The zero-order chi connectivity index (χ0) is 12.6. The van der Waals surface area contributed by atoms with Crippen LogP contribution in [-0.2, 0) is 9.53 Å². The second-order valence-corrected chi connectivity index (χ2v) is 5.87. The molecule has 2 heterocycles. The van der Waals surface area contributed by atoms with Crippen LogP contribution in [0.5, 0.6) is 0 Å². The van der Waals surface area contributed by atoms with Crippen molar-refractivity contribution in [3.05, 3.63) is 0 Å². The molecule has 0 amide bonds. The summed E-state index contributed by atoms with van der Waals surface area (Å²) in [5.41, 5.74) is 0. The molecule has 1 N–H and O–H groups in total. The smallest absolute Gasteiger partial charge is 0.306 e. The second kappa shape index (κ2) is 4.94. The van der Waals surface area contributed by atoms with Crippen LogP contribution in [0, 0.1) is 5.92 Å². The summed E-state index contributed by atoms with van der Waals surface area (Å²) in [5, 5.41) is 9.88. The van der Waals surface area contributed by atoms with Crippen LogP contribution < -0.4 is 0 Å². The van der Waals surface area contributed by atoms with Crippen LogP contribution in [0.4, 0.5) is 0 Å². The first-order valence-electron chi connectivity index (χ1n) is 6.57. The average molecular weight is 241 g/mol. The minimum atomic E-state index is -0.251. The van der Waals surface area contributed by atoms with Crippen LogP contribution in [0.1, 0.15) is 39.5 Å². The molecular formula is C13H23NO3. The van der Waals surface area contributed by atoms with Crippen molar-refractivity contribution in [2.45, 2.75) is 63.8 Å². The lowest BCUT2D eigenvalue weighted by Crippen LogP contribution is -2.45. The summed E-state index contributed by atoms with van der Waals surface area (Å²) in [6.07, 6.45) is 2.71. The van der Waals surface area contributed by atoms with Gasteiger partial charge in [-0.3, -0.25) is 9.69 Å². The van der Waals surface area contributed by atoms with Crippen LogP contribution in [-0.4, -0.2) is 47.3 Å². The Morgan fingerprint density at radius 3 is 2.71 bits per heavy atom. The van der Waals surface area contributed by atoms with E-state index in [1.54, 1.807) is 0 Å². The predicted octanol–water partition coefficient (Wildman–Crippen LogP) is 1.17. The van der Waals surface area contributed by atoms with E-state index in [9.17, 15) is 9.90 Å². The van der Waals surface area contributed by atoms with Gasteiger partial charge in [0.1, 0.15) is 6.10 Å². The molecule has 0 aromatic rings. The molecule has 2 bridgehead atoms. The Balaban J connectivity index is 1.87. The van der Waals surface area contributed by atoms with E-state index in [-0.39, 0.29) is 24.2 Å². The van der Waals surface area contributed by atoms with Gasteiger partial charge in [-0.05, 0) is 19.4 Å². The first-order valence-corrected chi connectivity index (χ1v) is 6.57. The van der Waals surface area contributed by atoms with Crippen molar-refractivity contribution in [3.63, 3.8) is 0 Å². The highest BCUT2D eigenvalue weighted by molar-refractivity contribution is 5.69. The zero-order valence-electron chi connectivity index (χ0n) is 10.9. The van der Waals surface area contributed by atoms with Crippen LogP contribution in [0.25, 0.3) is 0 Å². The van der Waals surface area contributed by atoms with Gasteiger partial charge < -0.3 is 9.84 Å². The first kappa shape index (κ1) is 12.8. The largest absolute Gasteiger partial charge is 0.462 e. The fraction of sp³-hybridized carbons (Fsp3) is 0.923. The van der Waals surface area contributed by atoms with Gasteiger partial charge in [-0.1, -0.05) is 13.8 Å². The van der Waals surface area contributed by atoms with Crippen LogP contribution in [0.15, 0.2) is 0 Å². The summed E-state index contributed by atoms with van der Waals surface area (Å²) >= 11 is 0. The Labute approximate surface area is 103 Å². The first-order chi connectivity index (χ1) is 7.97. The molecule has 0 aromatic carbocycles. The summed E-state index contributed by atoms with van der Waals surface area (Å²) in [4.78, 5) is 13.9. The molecule has 4 atom stereocenters. The zero-order valence-corrected chi connectivity index (χ0v) is 10.9. The number of aliphatic hydroxyl groups is 1. The third kappa shape index (κ3) is 2.80. The van der Waals surface area contributed by atoms with Crippen molar-refractivity contribution in [1.82, 2.24) is 4.90 Å². The lowest BCUT2D eigenvalue weighted by atomic mass is 10.00. The monoisotopic (exact) mass is 241 g/mol. The molecule has 0 aromatic heterocycles. The second-order valence-electron chi connectivity index (χ2n) is 5.87. The number of fused-ring (bicyclic) bond motifs is 2. The van der Waals surface area contributed by atoms with Gasteiger partial charge >= 0.3 is 5.97 Å². The number of esters is 1. The summed E-state index contributed by atoms with van der Waals surface area (Å²) in [6.45, 7) is 4.03. The molecular weight excluding hydrogens is 218 g/mol. The molecule has 0 unspecified atom stereocenters. The number of rotatable bonds is 3. The molecule has 4 nitrogen and oxygen atoms in total. The van der Waals surface area contributed by atoms with Crippen LogP contribution in [0.2, 0.25) is 0 Å². The van der Waals surface area contributed by atoms with Crippen molar-refractivity contribution < 1.29 is 14.6 Å². The number of nitrogens with zero attached hydrogens (tertiary/aromatic N) is 1. The van der Waals surface area contributed by atoms with E-state index in [1.807, 2.05) is 13.8 Å². The van der Waals surface area contributed by atoms with E-state index in [4.69, 9.17) is 4.74 Å². The molecule has 2 saturated heterocycles. The Kier molecular flexibility index (Phi) is 3.73. The summed E-state index contributed by atoms with van der Waals surface area (Å²) < 4.78 is 5.50. The Morgan fingerprint density at radius 2 is 2.12 bits per heavy atom. The highest BCUT2D eigenvalue weighted by atomic mass is 16.5. The minimum absolute atomic E-state index is 0.00426. The van der Waals surface area contributed by atoms with Gasteiger partial charge in [0.05, 0.1) is 6.10 Å². The number of hydrogen-bond acceptors (Lipinski definition) is 4. The fourth-order valence-corrected chi connectivity index (χ4v) is 3.06. The minimum Gasteiger partial charge on any atom is -0.462 e. The van der Waals surface area contributed by atoms with E-state index >= 15 is 0 Å². The fourth-order valence-electron chi connectivity index (χ4n) is 3.06. The predicted molar refractivity (Wildman–Crippen MR) is 64.5 cm³/mol. The van der Waals surface area contributed by atoms with Gasteiger partial charge in [0.25, 0.3) is 0 Å². The van der Waals surface area contributed by atoms with E-state index in [0.29, 0.717) is 18.4 Å². The maximum atomic E-state index is 11.6. The van der Waals surface area contributed by atoms with Gasteiger partial charge in [-0.15, -0.1) is 0 Å². The Bertz CT molecular complexity index is 292. The molecule has 0 aliphatic carbocycles. The van der Waals surface area contributed by atoms with Gasteiger partial charge in [0.2, 0.25) is 0 Å². The lowest BCUT2D eigenvalue weighted by Gasteiger charge is -2.36. The van der Waals surface area contributed by atoms with E-state index in [0.717, 1.165) is 19.3 Å². The highest BCUT2D eigenvalue weighted by Crippen LogP contribution is 2.35. The normalized spacial score (nSPS) is 37.5. The molecule has 2 fully saturated rings. The molecule has 0 spiro atoms. The van der Waals surface area contributed by atoms with Crippen molar-refractivity contribution in [2.75, 3.05) is 7.05 Å². The third-order valence-electron chi connectivity index (χ3n) is 3.97. The standard InChI is InChI=1S/C13H23NO3/c1-8(2)4-13(16)17-10-5-9-6-12(15)11(7-10)14(9)3/h8-12,15H,4-7H2,1-3H3/t9-,10+,11+,12-/m0/s1. The average Bonchev–Trinajstić information content (AvgIpc) is 2.39. The molecule has 4 heteroatoms. The van der Waals surface area contributed by atoms with Gasteiger partial charge in [-0.2, -0.15) is 0 Å². The molecule has 17 heavy (non-hydrogen) atoms. The molecule has 0 saturated carbocycles. The summed E-state index contributed by atoms with van der Waals surface area (Å²) in [7, 11) is 2.05. The maximum Gasteiger partial charge on any atom is 0.306 e. The number of ether oxygens (including phenoxy) is 1. The van der Waals surface area contributed by atoms with Crippen molar-refractivity contribution in [1.29, 1.82) is 0 Å². The molecule has 2 rings (SSSR count). The topological polar surface area (TPSA) is 49.8 Å². The van der Waals surface area contributed by atoms with E-state index < -0.39 is 0 Å². The quantitative estimate of drug-likeness (QED) is 0.754. The number of aliphatic hydroxyl groups excluding tert-OH is 1. The SMILES string of the molecule is CC(C)CC(=O)O[C@@H]1C[C@H]2C[C@H](O)[C@@H](C1)N2C. The van der Waals surface area contributed by atoms with Crippen molar-refractivity contribution in [2.24, 2.45) is 5.92 Å². The van der Waals surface area contributed by atoms with E-state index in [1.165, 1.54) is 0 Å². The molecule has 98 valence electrons. The van der Waals surface area contributed by atoms with Crippen molar-refractivity contribution in [3.8, 4) is 0 Å². The molecule has 2 aliphatic rings. The van der Waals surface area contributed by atoms with E-state index in [2.05, 4.69) is 11.9 Å². The van der Waals surface area contributed by atoms with Gasteiger partial charge in [-0.25, -0.2) is 0 Å². The summed E-state index contributed by atoms with van der Waals surface area (Å²) in [5.74, 6) is 0.250. The Morgan fingerprint density at radius 1 is 1.41 bits per heavy atom. The molecule has 0 radical (unpaired) electrons. The number of carbonyl (C=O) groups is 1. The Hall–Kier alpha value is -0.610. The van der Waals surface area contributed by atoms with Gasteiger partial charge in [0, 0.05) is 31.3 Å². The number of piperidine rings is 1. The third-order valence-corrected chi connectivity index (χ3v) is 3.97. The summed E-state index contributed by atoms with van der Waals surface area (Å²) in [6, 6.07) is 0.547. The number of hydrogen-bond donors (Lipinski definition) is 1. The van der Waals surface area contributed by atoms with Gasteiger partial charge in [0.15, 0.2) is 0 Å². The number of likely N-dealkylation sites (N-methyl/N-ethyl adjacent to an activating group) is 1. The van der Waals surface area contributed by atoms with Crippen LogP contribution in [0.3, 0.4) is 0 Å². The van der Waals surface area contributed by atoms with Crippen molar-refractivity contribution >= 4 is 5.97 Å². The molecule has 2 aliphatic heterocycles. The highest BCUT2D eigenvalue weighted by Gasteiger charge is 2.45.